The van der Waals surface area contributed by atoms with Crippen LogP contribution in [0.25, 0.3) is 0 Å². The van der Waals surface area contributed by atoms with Gasteiger partial charge in [-0.1, -0.05) is 6.07 Å². The number of nitrogens with zero attached hydrogens (tertiary/aromatic N) is 1. The molecule has 2 rings (SSSR count). The Hall–Kier alpha value is -1.74. The number of ether oxygens (including phenoxy) is 1. The zero-order valence-corrected chi connectivity index (χ0v) is 11.3. The van der Waals surface area contributed by atoms with E-state index in [1.807, 2.05) is 18.2 Å². The van der Waals surface area contributed by atoms with E-state index in [0.717, 1.165) is 12.1 Å². The van der Waals surface area contributed by atoms with Gasteiger partial charge in [0, 0.05) is 17.8 Å². The van der Waals surface area contributed by atoms with Gasteiger partial charge in [-0.15, -0.1) is 0 Å². The molecule has 1 atom stereocenters. The van der Waals surface area contributed by atoms with Gasteiger partial charge >= 0.3 is 0 Å². The van der Waals surface area contributed by atoms with Crippen molar-refractivity contribution in [3.63, 3.8) is 0 Å². The minimum Gasteiger partial charge on any atom is -0.479 e. The van der Waals surface area contributed by atoms with Crippen LogP contribution in [-0.4, -0.2) is 32.6 Å². The molecule has 1 aromatic carbocycles. The number of sulfone groups is 1. The lowest BCUT2D eigenvalue weighted by Gasteiger charge is -2.24. The Balaban J connectivity index is 2.01. The molecule has 0 spiro atoms. The summed E-state index contributed by atoms with van der Waals surface area (Å²) >= 11 is 0. The van der Waals surface area contributed by atoms with Gasteiger partial charge in [0.05, 0.1) is 11.5 Å². The lowest BCUT2D eigenvalue weighted by atomic mass is 10.1. The maximum Gasteiger partial charge on any atom is 0.174 e. The Morgan fingerprint density at radius 2 is 2.32 bits per heavy atom. The molecule has 19 heavy (non-hydrogen) atoms. The molecule has 5 nitrogen and oxygen atoms in total. The van der Waals surface area contributed by atoms with Crippen LogP contribution in [0.1, 0.15) is 12.8 Å². The molecule has 0 amide bonds. The van der Waals surface area contributed by atoms with Crippen molar-refractivity contribution in [3.05, 3.63) is 24.3 Å². The zero-order valence-electron chi connectivity index (χ0n) is 10.5. The van der Waals surface area contributed by atoms with E-state index in [0.29, 0.717) is 12.2 Å². The third-order valence-corrected chi connectivity index (χ3v) is 4.79. The molecule has 6 heteroatoms. The van der Waals surface area contributed by atoms with Crippen molar-refractivity contribution in [3.8, 4) is 11.8 Å². The molecule has 1 heterocycles. The highest BCUT2D eigenvalue weighted by molar-refractivity contribution is 7.91. The van der Waals surface area contributed by atoms with Crippen LogP contribution < -0.4 is 10.1 Å². The molecular formula is C13H16N2O3S. The second-order valence-electron chi connectivity index (χ2n) is 4.57. The Kier molecular flexibility index (Phi) is 4.27. The first kappa shape index (κ1) is 13.7. The highest BCUT2D eigenvalue weighted by Crippen LogP contribution is 2.21. The molecule has 102 valence electrons. The summed E-state index contributed by atoms with van der Waals surface area (Å²) in [5.41, 5.74) is 0.817. The molecule has 0 aliphatic carbocycles. The Morgan fingerprint density at radius 3 is 3.05 bits per heavy atom. The fourth-order valence-corrected chi connectivity index (χ4v) is 3.80. The van der Waals surface area contributed by atoms with Gasteiger partial charge in [-0.2, -0.15) is 5.26 Å². The first-order chi connectivity index (χ1) is 9.09. The SMILES string of the molecule is N#CCOc1cccc(NC2CCCS(=O)(=O)C2)c1. The van der Waals surface area contributed by atoms with Gasteiger partial charge in [0.25, 0.3) is 0 Å². The zero-order chi connectivity index (χ0) is 13.7. The Labute approximate surface area is 113 Å². The average molecular weight is 280 g/mol. The Bertz CT molecular complexity index is 578. The molecule has 1 fully saturated rings. The molecule has 1 saturated heterocycles. The standard InChI is InChI=1S/C13H16N2O3S/c14-6-7-18-13-5-1-3-11(9-13)15-12-4-2-8-19(16,17)10-12/h1,3,5,9,12,15H,2,4,7-8,10H2. The highest BCUT2D eigenvalue weighted by Gasteiger charge is 2.24. The maximum absolute atomic E-state index is 11.6. The van der Waals surface area contributed by atoms with Crippen molar-refractivity contribution in [1.29, 1.82) is 5.26 Å². The second kappa shape index (κ2) is 5.93. The van der Waals surface area contributed by atoms with Crippen LogP contribution >= 0.6 is 0 Å². The number of hydrogen-bond acceptors (Lipinski definition) is 5. The predicted octanol–water partition coefficient (Wildman–Crippen LogP) is 1.58. The molecule has 1 N–H and O–H groups in total. The van der Waals surface area contributed by atoms with Crippen LogP contribution in [0.3, 0.4) is 0 Å². The van der Waals surface area contributed by atoms with E-state index in [2.05, 4.69) is 5.32 Å². The summed E-state index contributed by atoms with van der Waals surface area (Å²) in [7, 11) is -2.91. The first-order valence-corrected chi connectivity index (χ1v) is 7.98. The number of nitrogens with one attached hydrogen (secondary N) is 1. The monoisotopic (exact) mass is 280 g/mol. The van der Waals surface area contributed by atoms with Gasteiger partial charge in [-0.05, 0) is 25.0 Å². The minimum atomic E-state index is -2.91. The first-order valence-electron chi connectivity index (χ1n) is 6.16. The van der Waals surface area contributed by atoms with Crippen molar-refractivity contribution in [2.24, 2.45) is 0 Å². The van der Waals surface area contributed by atoms with Crippen molar-refractivity contribution < 1.29 is 13.2 Å². The average Bonchev–Trinajstić information content (AvgIpc) is 2.35. The van der Waals surface area contributed by atoms with Crippen LogP contribution in [0, 0.1) is 11.3 Å². The van der Waals surface area contributed by atoms with Crippen LogP contribution in [0.2, 0.25) is 0 Å². The van der Waals surface area contributed by atoms with Crippen LogP contribution in [0.5, 0.6) is 5.75 Å². The number of benzene rings is 1. The van der Waals surface area contributed by atoms with Crippen LogP contribution in [0.15, 0.2) is 24.3 Å². The van der Waals surface area contributed by atoms with Crippen molar-refractivity contribution >= 4 is 15.5 Å². The van der Waals surface area contributed by atoms with Gasteiger partial charge in [-0.25, -0.2) is 8.42 Å². The lowest BCUT2D eigenvalue weighted by molar-refractivity contribution is 0.368. The summed E-state index contributed by atoms with van der Waals surface area (Å²) in [6.45, 7) is 0.00125. The summed E-state index contributed by atoms with van der Waals surface area (Å²) in [5.74, 6) is 1.07. The van der Waals surface area contributed by atoms with Gasteiger partial charge in [0.15, 0.2) is 16.4 Å². The summed E-state index contributed by atoms with van der Waals surface area (Å²) in [6, 6.07) is 9.07. The van der Waals surface area contributed by atoms with Crippen LogP contribution in [0.4, 0.5) is 5.69 Å². The molecule has 1 aromatic rings. The lowest BCUT2D eigenvalue weighted by Crippen LogP contribution is -2.34. The van der Waals surface area contributed by atoms with E-state index in [1.165, 1.54) is 0 Å². The number of rotatable bonds is 4. The highest BCUT2D eigenvalue weighted by atomic mass is 32.2. The topological polar surface area (TPSA) is 79.2 Å². The molecule has 0 radical (unpaired) electrons. The Morgan fingerprint density at radius 1 is 1.47 bits per heavy atom. The largest absolute Gasteiger partial charge is 0.479 e. The van der Waals surface area contributed by atoms with E-state index in [-0.39, 0.29) is 24.2 Å². The van der Waals surface area contributed by atoms with Gasteiger partial charge < -0.3 is 10.1 Å². The normalized spacial score (nSPS) is 21.3. The van der Waals surface area contributed by atoms with Crippen molar-refractivity contribution in [2.75, 3.05) is 23.4 Å². The third-order valence-electron chi connectivity index (χ3n) is 2.97. The fraction of sp³-hybridized carbons (Fsp3) is 0.462. The van der Waals surface area contributed by atoms with E-state index in [1.54, 1.807) is 12.1 Å². The molecule has 1 aliphatic rings. The molecular weight excluding hydrogens is 264 g/mol. The number of nitriles is 1. The van der Waals surface area contributed by atoms with Gasteiger partial charge in [0.2, 0.25) is 0 Å². The van der Waals surface area contributed by atoms with E-state index >= 15 is 0 Å². The second-order valence-corrected chi connectivity index (χ2v) is 6.80. The predicted molar refractivity (Wildman–Crippen MR) is 72.8 cm³/mol. The van der Waals surface area contributed by atoms with E-state index in [9.17, 15) is 8.42 Å². The smallest absolute Gasteiger partial charge is 0.174 e. The minimum absolute atomic E-state index is 0.00125. The maximum atomic E-state index is 11.6. The molecule has 0 bridgehead atoms. The summed E-state index contributed by atoms with van der Waals surface area (Å²) in [5, 5.41) is 11.7. The molecule has 0 saturated carbocycles. The van der Waals surface area contributed by atoms with E-state index in [4.69, 9.17) is 10.00 Å². The molecule has 1 aliphatic heterocycles. The quantitative estimate of drug-likeness (QED) is 0.905. The van der Waals surface area contributed by atoms with Crippen LogP contribution in [-0.2, 0) is 9.84 Å². The summed E-state index contributed by atoms with van der Waals surface area (Å²) in [6.07, 6.45) is 1.55. The van der Waals surface area contributed by atoms with Gasteiger partial charge in [-0.3, -0.25) is 0 Å². The van der Waals surface area contributed by atoms with Crippen molar-refractivity contribution in [2.45, 2.75) is 18.9 Å². The van der Waals surface area contributed by atoms with Gasteiger partial charge in [0.1, 0.15) is 11.8 Å². The number of anilines is 1. The van der Waals surface area contributed by atoms with Crippen molar-refractivity contribution in [1.82, 2.24) is 0 Å². The summed E-state index contributed by atoms with van der Waals surface area (Å²) < 4.78 is 28.3. The molecule has 0 aromatic heterocycles. The fourth-order valence-electron chi connectivity index (χ4n) is 2.16. The molecule has 1 unspecified atom stereocenters. The van der Waals surface area contributed by atoms with E-state index < -0.39 is 9.84 Å². The third kappa shape index (κ3) is 4.14. The number of hydrogen-bond donors (Lipinski definition) is 1. The summed E-state index contributed by atoms with van der Waals surface area (Å²) in [4.78, 5) is 0.